The molecule has 182 valence electrons. The maximum absolute atomic E-state index is 12.9. The highest BCUT2D eigenvalue weighted by molar-refractivity contribution is 7.92. The number of nitrogens with zero attached hydrogens (tertiary/aromatic N) is 1. The van der Waals surface area contributed by atoms with Gasteiger partial charge in [-0.1, -0.05) is 18.2 Å². The van der Waals surface area contributed by atoms with Crippen LogP contribution in [0.5, 0.6) is 11.5 Å². The van der Waals surface area contributed by atoms with Gasteiger partial charge in [0.1, 0.15) is 11.5 Å². The number of nitrogens with one attached hydrogen (secondary N) is 2. The van der Waals surface area contributed by atoms with Crippen molar-refractivity contribution in [1.29, 1.82) is 0 Å². The van der Waals surface area contributed by atoms with E-state index in [-0.39, 0.29) is 22.1 Å². The van der Waals surface area contributed by atoms with Crippen LogP contribution in [0.2, 0.25) is 0 Å². The van der Waals surface area contributed by atoms with Gasteiger partial charge in [-0.2, -0.15) is 0 Å². The first kappa shape index (κ1) is 24.1. The van der Waals surface area contributed by atoms with Gasteiger partial charge in [-0.05, 0) is 48.9 Å². The molecule has 0 atom stereocenters. The third-order valence-corrected chi connectivity index (χ3v) is 6.92. The highest BCUT2D eigenvalue weighted by Crippen LogP contribution is 2.34. The molecule has 0 radical (unpaired) electrons. The molecule has 3 aromatic carbocycles. The minimum Gasteiger partial charge on any atom is -0.495 e. The number of carbonyl (C=O) groups excluding carboxylic acids is 2. The molecule has 0 saturated carbocycles. The second-order valence-electron chi connectivity index (χ2n) is 7.82. The Kier molecular flexibility index (Phi) is 6.92. The maximum Gasteiger partial charge on any atom is 0.262 e. The average Bonchev–Trinajstić information content (AvgIpc) is 3.29. The van der Waals surface area contributed by atoms with Crippen molar-refractivity contribution in [2.24, 2.45) is 0 Å². The summed E-state index contributed by atoms with van der Waals surface area (Å²) in [6, 6.07) is 17.4. The van der Waals surface area contributed by atoms with Crippen LogP contribution in [0.25, 0.3) is 0 Å². The molecular weight excluding hydrogens is 470 g/mol. The van der Waals surface area contributed by atoms with Crippen LogP contribution < -0.4 is 24.4 Å². The number of para-hydroxylation sites is 2. The second kappa shape index (κ2) is 10.1. The van der Waals surface area contributed by atoms with Crippen LogP contribution in [0, 0.1) is 0 Å². The summed E-state index contributed by atoms with van der Waals surface area (Å²) in [6.45, 7) is 0.616. The van der Waals surface area contributed by atoms with Crippen molar-refractivity contribution >= 4 is 38.9 Å². The smallest absolute Gasteiger partial charge is 0.262 e. The summed E-state index contributed by atoms with van der Waals surface area (Å²) in [5.41, 5.74) is 1.53. The summed E-state index contributed by atoms with van der Waals surface area (Å²) < 4.78 is 39.0. The van der Waals surface area contributed by atoms with E-state index < -0.39 is 15.9 Å². The zero-order valence-corrected chi connectivity index (χ0v) is 20.1. The summed E-state index contributed by atoms with van der Waals surface area (Å²) in [5.74, 6) is 0.361. The molecule has 1 heterocycles. The summed E-state index contributed by atoms with van der Waals surface area (Å²) >= 11 is 0. The first-order valence-corrected chi connectivity index (χ1v) is 12.4. The quantitative estimate of drug-likeness (QED) is 0.490. The molecule has 4 rings (SSSR count). The predicted octanol–water partition coefficient (Wildman–Crippen LogP) is 3.88. The van der Waals surface area contributed by atoms with Gasteiger partial charge >= 0.3 is 0 Å². The normalized spacial score (nSPS) is 13.4. The molecule has 2 amide bonds. The third kappa shape index (κ3) is 5.22. The number of rotatable bonds is 8. The van der Waals surface area contributed by atoms with Gasteiger partial charge in [0.05, 0.1) is 30.5 Å². The highest BCUT2D eigenvalue weighted by Gasteiger charge is 2.25. The number of amides is 2. The molecule has 1 saturated heterocycles. The Morgan fingerprint density at radius 1 is 0.943 bits per heavy atom. The molecule has 0 unspecified atom stereocenters. The zero-order valence-electron chi connectivity index (χ0n) is 19.3. The van der Waals surface area contributed by atoms with Crippen LogP contribution in [0.3, 0.4) is 0 Å². The minimum absolute atomic E-state index is 0.0276. The van der Waals surface area contributed by atoms with Crippen LogP contribution in [-0.4, -0.2) is 41.0 Å². The number of hydrogen-bond acceptors (Lipinski definition) is 6. The largest absolute Gasteiger partial charge is 0.495 e. The van der Waals surface area contributed by atoms with Gasteiger partial charge in [-0.15, -0.1) is 0 Å². The molecule has 0 spiro atoms. The first-order valence-electron chi connectivity index (χ1n) is 10.9. The van der Waals surface area contributed by atoms with Crippen molar-refractivity contribution in [3.05, 3.63) is 72.3 Å². The molecule has 0 aliphatic carbocycles. The third-order valence-electron chi connectivity index (χ3n) is 5.56. The number of hydrogen-bond donors (Lipinski definition) is 2. The van der Waals surface area contributed by atoms with Gasteiger partial charge in [0.15, 0.2) is 0 Å². The Bertz CT molecular complexity index is 1370. The lowest BCUT2D eigenvalue weighted by molar-refractivity contribution is -0.117. The van der Waals surface area contributed by atoms with E-state index in [1.807, 2.05) is 0 Å². The number of ether oxygens (including phenoxy) is 2. The van der Waals surface area contributed by atoms with E-state index in [2.05, 4.69) is 10.0 Å². The fraction of sp³-hybridized carbons (Fsp3) is 0.200. The summed E-state index contributed by atoms with van der Waals surface area (Å²) in [5, 5.41) is 2.75. The van der Waals surface area contributed by atoms with Crippen molar-refractivity contribution in [2.45, 2.75) is 17.7 Å². The number of sulfonamides is 1. The SMILES string of the molecule is COc1ccccc1NS(=O)(=O)c1cccc(C(=O)Nc2ccc(N3CCCC3=O)c(OC)c2)c1. The Labute approximate surface area is 203 Å². The van der Waals surface area contributed by atoms with Crippen LogP contribution in [-0.2, 0) is 14.8 Å². The molecule has 9 nitrogen and oxygen atoms in total. The number of carbonyl (C=O) groups is 2. The van der Waals surface area contributed by atoms with Gasteiger partial charge in [-0.25, -0.2) is 8.42 Å². The van der Waals surface area contributed by atoms with Crippen LogP contribution in [0.4, 0.5) is 17.1 Å². The van der Waals surface area contributed by atoms with Crippen LogP contribution in [0.1, 0.15) is 23.2 Å². The lowest BCUT2D eigenvalue weighted by Crippen LogP contribution is -2.24. The maximum atomic E-state index is 12.9. The molecule has 3 aromatic rings. The van der Waals surface area contributed by atoms with Crippen LogP contribution >= 0.6 is 0 Å². The minimum atomic E-state index is -3.97. The van der Waals surface area contributed by atoms with E-state index in [0.29, 0.717) is 35.8 Å². The topological polar surface area (TPSA) is 114 Å². The lowest BCUT2D eigenvalue weighted by atomic mass is 10.2. The highest BCUT2D eigenvalue weighted by atomic mass is 32.2. The predicted molar refractivity (Wildman–Crippen MR) is 133 cm³/mol. The zero-order chi connectivity index (χ0) is 25.0. The molecule has 0 aromatic heterocycles. The number of methoxy groups -OCH3 is 2. The van der Waals surface area contributed by atoms with Gasteiger partial charge in [0.25, 0.3) is 15.9 Å². The van der Waals surface area contributed by atoms with Crippen molar-refractivity contribution in [3.63, 3.8) is 0 Å². The van der Waals surface area contributed by atoms with E-state index in [9.17, 15) is 18.0 Å². The average molecular weight is 496 g/mol. The van der Waals surface area contributed by atoms with Gasteiger partial charge < -0.3 is 19.7 Å². The van der Waals surface area contributed by atoms with E-state index in [0.717, 1.165) is 6.42 Å². The van der Waals surface area contributed by atoms with Gasteiger partial charge in [-0.3, -0.25) is 14.3 Å². The van der Waals surface area contributed by atoms with Gasteiger partial charge in [0.2, 0.25) is 5.91 Å². The number of benzene rings is 3. The summed E-state index contributed by atoms with van der Waals surface area (Å²) in [7, 11) is -1.03. The fourth-order valence-corrected chi connectivity index (χ4v) is 4.94. The molecule has 35 heavy (non-hydrogen) atoms. The number of anilines is 3. The first-order chi connectivity index (χ1) is 16.8. The standard InChI is InChI=1S/C25H25N3O6S/c1-33-22-10-4-3-9-20(22)27-35(31,32)19-8-5-7-17(15-19)25(30)26-18-12-13-21(23(16-18)34-2)28-14-6-11-24(28)29/h3-5,7-10,12-13,15-16,27H,6,11,14H2,1-2H3,(H,26,30). The molecular formula is C25H25N3O6S. The van der Waals surface area contributed by atoms with Gasteiger partial charge in [0, 0.05) is 30.3 Å². The second-order valence-corrected chi connectivity index (χ2v) is 9.51. The molecule has 1 aliphatic rings. The van der Waals surface area contributed by atoms with E-state index >= 15 is 0 Å². The molecule has 2 N–H and O–H groups in total. The fourth-order valence-electron chi connectivity index (χ4n) is 3.82. The van der Waals surface area contributed by atoms with E-state index in [4.69, 9.17) is 9.47 Å². The summed E-state index contributed by atoms with van der Waals surface area (Å²) in [4.78, 5) is 26.6. The molecule has 0 bridgehead atoms. The van der Waals surface area contributed by atoms with Crippen molar-refractivity contribution in [3.8, 4) is 11.5 Å². The molecule has 1 fully saturated rings. The van der Waals surface area contributed by atoms with Crippen molar-refractivity contribution in [1.82, 2.24) is 0 Å². The van der Waals surface area contributed by atoms with E-state index in [1.54, 1.807) is 47.4 Å². The Morgan fingerprint density at radius 2 is 1.71 bits per heavy atom. The lowest BCUT2D eigenvalue weighted by Gasteiger charge is -2.19. The summed E-state index contributed by atoms with van der Waals surface area (Å²) in [6.07, 6.45) is 1.28. The Morgan fingerprint density at radius 3 is 2.43 bits per heavy atom. The van der Waals surface area contributed by atoms with Crippen molar-refractivity contribution in [2.75, 3.05) is 35.7 Å². The molecule has 1 aliphatic heterocycles. The Balaban J connectivity index is 1.53. The molecule has 10 heteroatoms. The van der Waals surface area contributed by atoms with E-state index in [1.165, 1.54) is 38.5 Å². The van der Waals surface area contributed by atoms with Crippen molar-refractivity contribution < 1.29 is 27.5 Å². The monoisotopic (exact) mass is 495 g/mol. The Hall–Kier alpha value is -4.05. The van der Waals surface area contributed by atoms with Crippen LogP contribution in [0.15, 0.2) is 71.6 Å².